The van der Waals surface area contributed by atoms with Crippen molar-refractivity contribution >= 4 is 5.91 Å². The third kappa shape index (κ3) is 3.34. The van der Waals surface area contributed by atoms with Crippen LogP contribution in [-0.4, -0.2) is 35.5 Å². The van der Waals surface area contributed by atoms with Gasteiger partial charge in [-0.05, 0) is 43.0 Å². The molecule has 0 saturated carbocycles. The molecule has 1 unspecified atom stereocenters. The summed E-state index contributed by atoms with van der Waals surface area (Å²) in [6, 6.07) is 16.5. The van der Waals surface area contributed by atoms with E-state index in [1.54, 1.807) is 0 Å². The summed E-state index contributed by atoms with van der Waals surface area (Å²) in [6.07, 6.45) is 1.30. The van der Waals surface area contributed by atoms with Crippen molar-refractivity contribution in [2.24, 2.45) is 0 Å². The third-order valence-corrected chi connectivity index (χ3v) is 5.62. The molecule has 26 heavy (non-hydrogen) atoms. The van der Waals surface area contributed by atoms with Crippen LogP contribution in [0.2, 0.25) is 0 Å². The van der Waals surface area contributed by atoms with Gasteiger partial charge in [-0.2, -0.15) is 0 Å². The number of amides is 1. The standard InChI is InChI=1S/C22H26N2O2/c1-22(2,24-12-11-16-7-3-4-9-18(16)14-24)15-23-21(25)20-13-17-8-5-6-10-19(17)26-20/h3-10,20H,11-15H2,1-2H3,(H,23,25). The molecule has 2 aliphatic rings. The molecule has 2 aromatic rings. The fourth-order valence-corrected chi connectivity index (χ4v) is 3.87. The lowest BCUT2D eigenvalue weighted by molar-refractivity contribution is -0.127. The summed E-state index contributed by atoms with van der Waals surface area (Å²) in [5, 5.41) is 3.12. The maximum atomic E-state index is 12.6. The van der Waals surface area contributed by atoms with E-state index in [1.165, 1.54) is 11.1 Å². The lowest BCUT2D eigenvalue weighted by Crippen LogP contribution is -2.54. The highest BCUT2D eigenvalue weighted by atomic mass is 16.5. The molecule has 0 spiro atoms. The maximum Gasteiger partial charge on any atom is 0.261 e. The minimum absolute atomic E-state index is 0.0216. The molecule has 0 bridgehead atoms. The number of benzene rings is 2. The Balaban J connectivity index is 1.35. The third-order valence-electron chi connectivity index (χ3n) is 5.62. The van der Waals surface area contributed by atoms with E-state index in [9.17, 15) is 4.79 Å². The monoisotopic (exact) mass is 350 g/mol. The largest absolute Gasteiger partial charge is 0.480 e. The predicted molar refractivity (Wildman–Crippen MR) is 102 cm³/mol. The number of nitrogens with zero attached hydrogens (tertiary/aromatic N) is 1. The van der Waals surface area contributed by atoms with Crippen LogP contribution in [0.15, 0.2) is 48.5 Å². The van der Waals surface area contributed by atoms with Gasteiger partial charge in [-0.1, -0.05) is 42.5 Å². The van der Waals surface area contributed by atoms with Gasteiger partial charge in [0.2, 0.25) is 0 Å². The lowest BCUT2D eigenvalue weighted by Gasteiger charge is -2.41. The van der Waals surface area contributed by atoms with Crippen molar-refractivity contribution in [1.82, 2.24) is 10.2 Å². The summed E-state index contributed by atoms with van der Waals surface area (Å²) in [5.74, 6) is 0.811. The van der Waals surface area contributed by atoms with Gasteiger partial charge in [-0.25, -0.2) is 0 Å². The van der Waals surface area contributed by atoms with Crippen molar-refractivity contribution in [2.75, 3.05) is 13.1 Å². The van der Waals surface area contributed by atoms with Crippen LogP contribution in [0.1, 0.15) is 30.5 Å². The molecule has 4 rings (SSSR count). The van der Waals surface area contributed by atoms with Crippen LogP contribution in [-0.2, 0) is 24.2 Å². The quantitative estimate of drug-likeness (QED) is 0.922. The molecule has 2 aromatic carbocycles. The average molecular weight is 350 g/mol. The van der Waals surface area contributed by atoms with E-state index in [4.69, 9.17) is 4.74 Å². The minimum atomic E-state index is -0.412. The van der Waals surface area contributed by atoms with Gasteiger partial charge >= 0.3 is 0 Å². The normalized spacial score (nSPS) is 19.4. The van der Waals surface area contributed by atoms with Gasteiger partial charge in [0.05, 0.1) is 0 Å². The van der Waals surface area contributed by atoms with Crippen LogP contribution in [0.3, 0.4) is 0 Å². The van der Waals surface area contributed by atoms with E-state index in [2.05, 4.69) is 48.3 Å². The zero-order chi connectivity index (χ0) is 18.1. The molecule has 1 amide bonds. The molecule has 2 heterocycles. The highest BCUT2D eigenvalue weighted by molar-refractivity contribution is 5.82. The van der Waals surface area contributed by atoms with Crippen molar-refractivity contribution in [3.63, 3.8) is 0 Å². The van der Waals surface area contributed by atoms with Gasteiger partial charge in [-0.15, -0.1) is 0 Å². The van der Waals surface area contributed by atoms with E-state index >= 15 is 0 Å². The van der Waals surface area contributed by atoms with Gasteiger partial charge in [0.25, 0.3) is 5.91 Å². The topological polar surface area (TPSA) is 41.6 Å². The number of para-hydroxylation sites is 1. The highest BCUT2D eigenvalue weighted by Crippen LogP contribution is 2.28. The Morgan fingerprint density at radius 1 is 1.12 bits per heavy atom. The summed E-state index contributed by atoms with van der Waals surface area (Å²) in [6.45, 7) is 6.97. The second kappa shape index (κ2) is 6.76. The number of ether oxygens (including phenoxy) is 1. The van der Waals surface area contributed by atoms with Crippen molar-refractivity contribution < 1.29 is 9.53 Å². The van der Waals surface area contributed by atoms with E-state index in [-0.39, 0.29) is 11.4 Å². The van der Waals surface area contributed by atoms with Crippen LogP contribution in [0.5, 0.6) is 5.75 Å². The Labute approximate surface area is 155 Å². The second-order valence-electron chi connectivity index (χ2n) is 7.89. The number of hydrogen-bond donors (Lipinski definition) is 1. The van der Waals surface area contributed by atoms with Gasteiger partial charge in [0, 0.05) is 31.6 Å². The van der Waals surface area contributed by atoms with Gasteiger partial charge in [0.15, 0.2) is 6.10 Å². The number of carbonyl (C=O) groups excluding carboxylic acids is 1. The fraction of sp³-hybridized carbons (Fsp3) is 0.409. The Hall–Kier alpha value is -2.33. The van der Waals surface area contributed by atoms with Crippen LogP contribution < -0.4 is 10.1 Å². The fourth-order valence-electron chi connectivity index (χ4n) is 3.87. The van der Waals surface area contributed by atoms with Crippen LogP contribution in [0, 0.1) is 0 Å². The SMILES string of the molecule is CC(C)(CNC(=O)C1Cc2ccccc2O1)N1CCc2ccccc2C1. The number of nitrogens with one attached hydrogen (secondary N) is 1. The first-order valence-corrected chi connectivity index (χ1v) is 9.37. The van der Waals surface area contributed by atoms with Crippen molar-refractivity contribution in [2.45, 2.75) is 44.9 Å². The van der Waals surface area contributed by atoms with E-state index < -0.39 is 6.10 Å². The first-order valence-electron chi connectivity index (χ1n) is 9.37. The van der Waals surface area contributed by atoms with Gasteiger partial charge in [-0.3, -0.25) is 9.69 Å². The number of fused-ring (bicyclic) bond motifs is 2. The molecular weight excluding hydrogens is 324 g/mol. The highest BCUT2D eigenvalue weighted by Gasteiger charge is 2.33. The van der Waals surface area contributed by atoms with Crippen LogP contribution in [0.25, 0.3) is 0 Å². The molecule has 2 aliphatic heterocycles. The Morgan fingerprint density at radius 3 is 2.58 bits per heavy atom. The molecule has 1 atom stereocenters. The second-order valence-corrected chi connectivity index (χ2v) is 7.89. The number of rotatable bonds is 4. The molecule has 0 aliphatic carbocycles. The average Bonchev–Trinajstić information content (AvgIpc) is 3.10. The van der Waals surface area contributed by atoms with Gasteiger partial charge < -0.3 is 10.1 Å². The molecule has 0 fully saturated rings. The molecule has 0 aromatic heterocycles. The summed E-state index contributed by atoms with van der Waals surface area (Å²) < 4.78 is 5.80. The molecule has 1 N–H and O–H groups in total. The first kappa shape index (κ1) is 17.1. The van der Waals surface area contributed by atoms with E-state index in [0.29, 0.717) is 13.0 Å². The van der Waals surface area contributed by atoms with Crippen molar-refractivity contribution in [1.29, 1.82) is 0 Å². The summed E-state index contributed by atoms with van der Waals surface area (Å²) in [7, 11) is 0. The first-order chi connectivity index (χ1) is 12.5. The number of carbonyl (C=O) groups is 1. The number of hydrogen-bond acceptors (Lipinski definition) is 3. The summed E-state index contributed by atoms with van der Waals surface area (Å²) >= 11 is 0. The van der Waals surface area contributed by atoms with E-state index in [0.717, 1.165) is 30.8 Å². The lowest BCUT2D eigenvalue weighted by atomic mass is 9.94. The molecule has 136 valence electrons. The summed E-state index contributed by atoms with van der Waals surface area (Å²) in [4.78, 5) is 15.0. The molecule has 0 radical (unpaired) electrons. The zero-order valence-electron chi connectivity index (χ0n) is 15.5. The summed E-state index contributed by atoms with van der Waals surface area (Å²) in [5.41, 5.74) is 3.85. The molecule has 0 saturated heterocycles. The van der Waals surface area contributed by atoms with Crippen LogP contribution >= 0.6 is 0 Å². The minimum Gasteiger partial charge on any atom is -0.480 e. The van der Waals surface area contributed by atoms with E-state index in [1.807, 2.05) is 24.3 Å². The Bertz CT molecular complexity index is 790. The molecule has 4 nitrogen and oxygen atoms in total. The van der Waals surface area contributed by atoms with Crippen molar-refractivity contribution in [3.8, 4) is 5.75 Å². The van der Waals surface area contributed by atoms with Gasteiger partial charge in [0.1, 0.15) is 5.75 Å². The zero-order valence-corrected chi connectivity index (χ0v) is 15.5. The Kier molecular flexibility index (Phi) is 4.45. The smallest absolute Gasteiger partial charge is 0.261 e. The Morgan fingerprint density at radius 2 is 1.81 bits per heavy atom. The predicted octanol–water partition coefficient (Wildman–Crippen LogP) is 2.94. The van der Waals surface area contributed by atoms with Crippen molar-refractivity contribution in [3.05, 3.63) is 65.2 Å². The van der Waals surface area contributed by atoms with Crippen LogP contribution in [0.4, 0.5) is 0 Å². The molecular formula is C22H26N2O2. The molecule has 4 heteroatoms. The maximum absolute atomic E-state index is 12.6.